The predicted octanol–water partition coefficient (Wildman–Crippen LogP) is 2.38. The summed E-state index contributed by atoms with van der Waals surface area (Å²) in [6.07, 6.45) is -0.931. The molecule has 2 unspecified atom stereocenters. The molecule has 2 aliphatic heterocycles. The van der Waals surface area contributed by atoms with Gasteiger partial charge in [-0.1, -0.05) is 48.5 Å². The van der Waals surface area contributed by atoms with E-state index in [1.807, 2.05) is 4.72 Å². The third kappa shape index (κ3) is 4.69. The first-order valence-corrected chi connectivity index (χ1v) is 12.2. The second-order valence-corrected chi connectivity index (χ2v) is 10.1. The number of aliphatic hydroxyl groups is 1. The summed E-state index contributed by atoms with van der Waals surface area (Å²) in [5, 5.41) is 10.7. The lowest BCUT2D eigenvalue weighted by molar-refractivity contribution is -0.174. The molecule has 0 aliphatic carbocycles. The van der Waals surface area contributed by atoms with Gasteiger partial charge in [0.25, 0.3) is 5.92 Å². The molecule has 2 N–H and O–H groups in total. The smallest absolute Gasteiger partial charge is 0.278 e. The van der Waals surface area contributed by atoms with Crippen LogP contribution in [0, 0.1) is 5.82 Å². The highest BCUT2D eigenvalue weighted by atomic mass is 32.2. The summed E-state index contributed by atoms with van der Waals surface area (Å²) in [5.74, 6) is -4.03. The monoisotopic (exact) mass is 470 g/mol. The zero-order valence-corrected chi connectivity index (χ0v) is 18.2. The number of nitrogens with one attached hydrogen (secondary N) is 1. The molecule has 0 saturated carbocycles. The minimum atomic E-state index is -3.99. The highest BCUT2D eigenvalue weighted by Crippen LogP contribution is 2.38. The molecule has 4 rings (SSSR count). The van der Waals surface area contributed by atoms with Gasteiger partial charge in [0.05, 0.1) is 18.9 Å². The fraction of sp³-hybridized carbons (Fsp3) is 0.455. The highest BCUT2D eigenvalue weighted by Gasteiger charge is 2.58. The zero-order valence-electron chi connectivity index (χ0n) is 17.4. The van der Waals surface area contributed by atoms with E-state index in [1.54, 1.807) is 42.5 Å². The maximum atomic E-state index is 15.4. The molecule has 2 fully saturated rings. The van der Waals surface area contributed by atoms with Crippen molar-refractivity contribution in [3.8, 4) is 11.1 Å². The highest BCUT2D eigenvalue weighted by molar-refractivity contribution is 7.88. The van der Waals surface area contributed by atoms with Crippen LogP contribution < -0.4 is 4.72 Å². The fourth-order valence-electron chi connectivity index (χ4n) is 4.36. The number of aliphatic hydroxyl groups excluding tert-OH is 1. The van der Waals surface area contributed by atoms with Gasteiger partial charge in [-0.3, -0.25) is 4.90 Å². The Morgan fingerprint density at radius 1 is 1.22 bits per heavy atom. The Kier molecular flexibility index (Phi) is 6.34. The summed E-state index contributed by atoms with van der Waals surface area (Å²) in [7, 11) is -3.99. The van der Waals surface area contributed by atoms with Crippen LogP contribution in [0.3, 0.4) is 0 Å². The molecular formula is C22H25F3N2O4S. The molecule has 4 atom stereocenters. The molecule has 0 radical (unpaired) electrons. The first-order valence-electron chi connectivity index (χ1n) is 10.3. The minimum Gasteiger partial charge on any atom is -0.376 e. The average molecular weight is 471 g/mol. The second-order valence-electron chi connectivity index (χ2n) is 8.33. The van der Waals surface area contributed by atoms with Crippen molar-refractivity contribution in [2.24, 2.45) is 0 Å². The molecule has 6 nitrogen and oxygen atoms in total. The predicted molar refractivity (Wildman–Crippen MR) is 113 cm³/mol. The SMILES string of the molecule is CS(=O)(=O)N[C@@H]1[C@H](Cc2cccc(-c3ccccc3)c2F)N(C(O)C2CCO2)CC1(F)F. The van der Waals surface area contributed by atoms with Gasteiger partial charge in [-0.25, -0.2) is 26.3 Å². The van der Waals surface area contributed by atoms with Crippen LogP contribution >= 0.6 is 0 Å². The quantitative estimate of drug-likeness (QED) is 0.650. The summed E-state index contributed by atoms with van der Waals surface area (Å²) >= 11 is 0. The molecule has 2 aliphatic rings. The van der Waals surface area contributed by atoms with Crippen LogP contribution in [-0.4, -0.2) is 68.2 Å². The Morgan fingerprint density at radius 3 is 2.50 bits per heavy atom. The van der Waals surface area contributed by atoms with Crippen molar-refractivity contribution in [2.75, 3.05) is 19.4 Å². The second kappa shape index (κ2) is 8.75. The number of sulfonamides is 1. The van der Waals surface area contributed by atoms with Crippen molar-refractivity contribution < 1.29 is 31.4 Å². The molecular weight excluding hydrogens is 445 g/mol. The Balaban J connectivity index is 1.70. The molecule has 0 aromatic heterocycles. The van der Waals surface area contributed by atoms with E-state index >= 15 is 4.39 Å². The van der Waals surface area contributed by atoms with Gasteiger partial charge in [0, 0.05) is 24.6 Å². The Morgan fingerprint density at radius 2 is 1.91 bits per heavy atom. The Labute approximate surface area is 185 Å². The van der Waals surface area contributed by atoms with E-state index in [0.717, 1.165) is 11.2 Å². The van der Waals surface area contributed by atoms with Gasteiger partial charge in [0.15, 0.2) is 0 Å². The number of halogens is 3. The van der Waals surface area contributed by atoms with Crippen LogP contribution in [-0.2, 0) is 21.2 Å². The Hall–Kier alpha value is -1.98. The van der Waals surface area contributed by atoms with E-state index in [4.69, 9.17) is 4.74 Å². The van der Waals surface area contributed by atoms with Gasteiger partial charge in [0.1, 0.15) is 18.1 Å². The summed E-state index contributed by atoms with van der Waals surface area (Å²) in [4.78, 5) is 1.13. The van der Waals surface area contributed by atoms with Crippen molar-refractivity contribution in [1.82, 2.24) is 9.62 Å². The lowest BCUT2D eigenvalue weighted by Crippen LogP contribution is -2.55. The van der Waals surface area contributed by atoms with E-state index in [9.17, 15) is 22.3 Å². The van der Waals surface area contributed by atoms with Crippen molar-refractivity contribution in [3.05, 3.63) is 59.9 Å². The summed E-state index contributed by atoms with van der Waals surface area (Å²) < 4.78 is 76.2. The third-order valence-corrected chi connectivity index (χ3v) is 6.68. The van der Waals surface area contributed by atoms with Gasteiger partial charge < -0.3 is 9.84 Å². The van der Waals surface area contributed by atoms with E-state index in [0.29, 0.717) is 24.2 Å². The van der Waals surface area contributed by atoms with Crippen LogP contribution in [0.25, 0.3) is 11.1 Å². The molecule has 0 bridgehead atoms. The van der Waals surface area contributed by atoms with Gasteiger partial charge >= 0.3 is 0 Å². The molecule has 174 valence electrons. The van der Waals surface area contributed by atoms with Crippen LogP contribution in [0.2, 0.25) is 0 Å². The lowest BCUT2D eigenvalue weighted by atomic mass is 9.95. The van der Waals surface area contributed by atoms with E-state index in [1.165, 1.54) is 6.07 Å². The van der Waals surface area contributed by atoms with E-state index < -0.39 is 52.7 Å². The molecule has 0 amide bonds. The number of nitrogens with zero attached hydrogens (tertiary/aromatic N) is 1. The summed E-state index contributed by atoms with van der Waals surface area (Å²) in [5.41, 5.74) is 1.10. The maximum absolute atomic E-state index is 15.4. The number of benzene rings is 2. The average Bonchev–Trinajstić information content (AvgIpc) is 2.92. The van der Waals surface area contributed by atoms with Crippen LogP contribution in [0.1, 0.15) is 12.0 Å². The molecule has 0 spiro atoms. The van der Waals surface area contributed by atoms with Gasteiger partial charge in [0.2, 0.25) is 10.0 Å². The van der Waals surface area contributed by atoms with E-state index in [2.05, 4.69) is 0 Å². The van der Waals surface area contributed by atoms with Crippen LogP contribution in [0.5, 0.6) is 0 Å². The molecule has 2 aromatic carbocycles. The maximum Gasteiger partial charge on any atom is 0.278 e. The number of likely N-dealkylation sites (tertiary alicyclic amines) is 1. The minimum absolute atomic E-state index is 0.154. The lowest BCUT2D eigenvalue weighted by Gasteiger charge is -2.39. The number of alkyl halides is 2. The first kappa shape index (κ1) is 23.2. The summed E-state index contributed by atoms with van der Waals surface area (Å²) in [6.45, 7) is -0.457. The molecule has 2 heterocycles. The molecule has 10 heteroatoms. The summed E-state index contributed by atoms with van der Waals surface area (Å²) in [6, 6.07) is 10.5. The van der Waals surface area contributed by atoms with Crippen molar-refractivity contribution in [1.29, 1.82) is 0 Å². The topological polar surface area (TPSA) is 78.9 Å². The van der Waals surface area contributed by atoms with Crippen molar-refractivity contribution in [2.45, 2.75) is 43.2 Å². The molecule has 32 heavy (non-hydrogen) atoms. The van der Waals surface area contributed by atoms with Gasteiger partial charge in [-0.05, 0) is 17.5 Å². The van der Waals surface area contributed by atoms with Crippen LogP contribution in [0.4, 0.5) is 13.2 Å². The fourth-order valence-corrected chi connectivity index (χ4v) is 5.15. The van der Waals surface area contributed by atoms with E-state index in [-0.39, 0.29) is 12.0 Å². The Bertz CT molecular complexity index is 1060. The number of hydrogen-bond donors (Lipinski definition) is 2. The van der Waals surface area contributed by atoms with Gasteiger partial charge in [-0.2, -0.15) is 0 Å². The zero-order chi connectivity index (χ0) is 23.1. The molecule has 2 saturated heterocycles. The van der Waals surface area contributed by atoms with Crippen molar-refractivity contribution in [3.63, 3.8) is 0 Å². The largest absolute Gasteiger partial charge is 0.376 e. The van der Waals surface area contributed by atoms with Gasteiger partial charge in [-0.15, -0.1) is 0 Å². The first-order chi connectivity index (χ1) is 15.1. The standard InChI is InChI=1S/C22H25F3N2O4S/c1-32(29,30)26-20-17(27(13-22(20,24)25)21(28)18-10-11-31-18)12-15-8-5-9-16(19(15)23)14-6-3-2-4-7-14/h2-9,17-18,20-21,26,28H,10-13H2,1H3/t17-,18?,20+,21?/m0/s1. The number of rotatable bonds is 7. The third-order valence-electron chi connectivity index (χ3n) is 6.00. The number of hydrogen-bond acceptors (Lipinski definition) is 5. The van der Waals surface area contributed by atoms with Crippen molar-refractivity contribution >= 4 is 10.0 Å². The normalized spacial score (nSPS) is 26.6. The number of ether oxygens (including phenoxy) is 1. The molecule has 2 aromatic rings. The van der Waals surface area contributed by atoms with Crippen LogP contribution in [0.15, 0.2) is 48.5 Å².